The molecule has 0 bridgehead atoms. The van der Waals surface area contributed by atoms with Gasteiger partial charge in [0.1, 0.15) is 5.75 Å². The van der Waals surface area contributed by atoms with Crippen LogP contribution in [0.4, 0.5) is 0 Å². The van der Waals surface area contributed by atoms with Crippen molar-refractivity contribution in [3.63, 3.8) is 0 Å². The fraction of sp³-hybridized carbons (Fsp3) is 0.115. The highest BCUT2D eigenvalue weighted by Crippen LogP contribution is 2.27. The van der Waals surface area contributed by atoms with E-state index in [1.807, 2.05) is 49.4 Å². The molecule has 0 saturated heterocycles. The zero-order chi connectivity index (χ0) is 23.5. The number of carbonyl (C=O) groups is 2. The summed E-state index contributed by atoms with van der Waals surface area (Å²) in [5.41, 5.74) is 5.04. The maximum Gasteiger partial charge on any atom is 0.336 e. The summed E-state index contributed by atoms with van der Waals surface area (Å²) in [6.45, 7) is 1.81. The summed E-state index contributed by atoms with van der Waals surface area (Å²) in [4.78, 5) is 24.0. The Morgan fingerprint density at radius 3 is 2.42 bits per heavy atom. The SMILES string of the molecule is COc1cc(/C=N\NC(=O)COc2ccc(C)cc2)ccc1OC(=O)/C=C/c1ccccc1. The quantitative estimate of drug-likeness (QED) is 0.176. The Labute approximate surface area is 192 Å². The smallest absolute Gasteiger partial charge is 0.336 e. The molecule has 0 aromatic heterocycles. The molecule has 3 rings (SSSR count). The maximum absolute atomic E-state index is 12.1. The van der Waals surface area contributed by atoms with Crippen LogP contribution in [0.2, 0.25) is 0 Å². The average Bonchev–Trinajstić information content (AvgIpc) is 2.84. The van der Waals surface area contributed by atoms with Gasteiger partial charge in [0, 0.05) is 6.08 Å². The van der Waals surface area contributed by atoms with E-state index in [1.165, 1.54) is 19.4 Å². The van der Waals surface area contributed by atoms with E-state index in [0.29, 0.717) is 17.1 Å². The number of hydrogen-bond donors (Lipinski definition) is 1. The van der Waals surface area contributed by atoms with E-state index in [-0.39, 0.29) is 12.4 Å². The molecule has 0 aliphatic heterocycles. The van der Waals surface area contributed by atoms with Crippen LogP contribution in [-0.4, -0.2) is 31.8 Å². The Bertz CT molecular complexity index is 1140. The van der Waals surface area contributed by atoms with Gasteiger partial charge in [0.05, 0.1) is 13.3 Å². The van der Waals surface area contributed by atoms with Gasteiger partial charge in [-0.05, 0) is 54.5 Å². The fourth-order valence-corrected chi connectivity index (χ4v) is 2.71. The van der Waals surface area contributed by atoms with Crippen molar-refractivity contribution in [1.29, 1.82) is 0 Å². The normalized spacial score (nSPS) is 10.8. The van der Waals surface area contributed by atoms with E-state index >= 15 is 0 Å². The third-order valence-electron chi connectivity index (χ3n) is 4.40. The summed E-state index contributed by atoms with van der Waals surface area (Å²) >= 11 is 0. The molecule has 0 saturated carbocycles. The van der Waals surface area contributed by atoms with Crippen molar-refractivity contribution in [3.05, 3.63) is 95.6 Å². The Morgan fingerprint density at radius 1 is 0.939 bits per heavy atom. The van der Waals surface area contributed by atoms with Crippen LogP contribution in [0, 0.1) is 6.92 Å². The average molecular weight is 444 g/mol. The largest absolute Gasteiger partial charge is 0.493 e. The summed E-state index contributed by atoms with van der Waals surface area (Å²) in [5.74, 6) is 0.310. The van der Waals surface area contributed by atoms with Crippen molar-refractivity contribution in [2.24, 2.45) is 5.10 Å². The van der Waals surface area contributed by atoms with Crippen LogP contribution in [-0.2, 0) is 9.59 Å². The number of hydrogen-bond acceptors (Lipinski definition) is 6. The summed E-state index contributed by atoms with van der Waals surface area (Å²) in [6, 6.07) is 21.7. The standard InChI is InChI=1S/C26H24N2O5/c1-19-8-12-22(13-9-19)32-18-25(29)28-27-17-21-10-14-23(24(16-21)31-2)33-26(30)15-11-20-6-4-3-5-7-20/h3-17H,18H2,1-2H3,(H,28,29)/b15-11+,27-17-. The number of nitrogens with zero attached hydrogens (tertiary/aromatic N) is 1. The lowest BCUT2D eigenvalue weighted by molar-refractivity contribution is -0.129. The Morgan fingerprint density at radius 2 is 1.70 bits per heavy atom. The Hall–Kier alpha value is -4.39. The molecule has 168 valence electrons. The first kappa shape index (κ1) is 23.3. The number of benzene rings is 3. The molecule has 7 heteroatoms. The van der Waals surface area contributed by atoms with Crippen LogP contribution in [0.1, 0.15) is 16.7 Å². The van der Waals surface area contributed by atoms with Gasteiger partial charge in [0.15, 0.2) is 18.1 Å². The number of hydrazone groups is 1. The molecule has 0 radical (unpaired) electrons. The zero-order valence-corrected chi connectivity index (χ0v) is 18.4. The minimum Gasteiger partial charge on any atom is -0.493 e. The van der Waals surface area contributed by atoms with E-state index in [9.17, 15) is 9.59 Å². The highest BCUT2D eigenvalue weighted by atomic mass is 16.6. The molecule has 0 atom stereocenters. The molecular weight excluding hydrogens is 420 g/mol. The summed E-state index contributed by atoms with van der Waals surface area (Å²) in [5, 5.41) is 3.92. The number of aryl methyl sites for hydroxylation is 1. The van der Waals surface area contributed by atoms with Gasteiger partial charge in [-0.15, -0.1) is 0 Å². The summed E-state index contributed by atoms with van der Waals surface area (Å²) < 4.78 is 16.1. The number of methoxy groups -OCH3 is 1. The van der Waals surface area contributed by atoms with Crippen LogP contribution < -0.4 is 19.6 Å². The lowest BCUT2D eigenvalue weighted by Crippen LogP contribution is -2.24. The lowest BCUT2D eigenvalue weighted by Gasteiger charge is -2.08. The van der Waals surface area contributed by atoms with Gasteiger partial charge in [-0.2, -0.15) is 5.10 Å². The van der Waals surface area contributed by atoms with Gasteiger partial charge >= 0.3 is 5.97 Å². The molecule has 3 aromatic rings. The Balaban J connectivity index is 1.52. The van der Waals surface area contributed by atoms with Gasteiger partial charge in [-0.25, -0.2) is 10.2 Å². The second-order valence-electron chi connectivity index (χ2n) is 6.97. The molecule has 33 heavy (non-hydrogen) atoms. The molecule has 0 fully saturated rings. The number of amides is 1. The van der Waals surface area contributed by atoms with Gasteiger partial charge in [-0.3, -0.25) is 4.79 Å². The van der Waals surface area contributed by atoms with Crippen LogP contribution >= 0.6 is 0 Å². The van der Waals surface area contributed by atoms with E-state index in [2.05, 4.69) is 10.5 Å². The van der Waals surface area contributed by atoms with E-state index in [4.69, 9.17) is 14.2 Å². The molecule has 0 aliphatic carbocycles. The third kappa shape index (κ3) is 7.66. The number of rotatable bonds is 9. The van der Waals surface area contributed by atoms with Gasteiger partial charge in [0.2, 0.25) is 0 Å². The monoisotopic (exact) mass is 444 g/mol. The van der Waals surface area contributed by atoms with Gasteiger partial charge in [0.25, 0.3) is 5.91 Å². The van der Waals surface area contributed by atoms with Crippen molar-refractivity contribution >= 4 is 24.2 Å². The second kappa shape index (κ2) is 11.9. The highest BCUT2D eigenvalue weighted by molar-refractivity contribution is 5.89. The van der Waals surface area contributed by atoms with Crippen LogP contribution in [0.5, 0.6) is 17.2 Å². The van der Waals surface area contributed by atoms with Crippen molar-refractivity contribution in [2.45, 2.75) is 6.92 Å². The van der Waals surface area contributed by atoms with E-state index in [1.54, 1.807) is 36.4 Å². The van der Waals surface area contributed by atoms with Crippen molar-refractivity contribution in [1.82, 2.24) is 5.43 Å². The van der Waals surface area contributed by atoms with E-state index in [0.717, 1.165) is 11.1 Å². The predicted octanol–water partition coefficient (Wildman–Crippen LogP) is 4.15. The van der Waals surface area contributed by atoms with Crippen molar-refractivity contribution < 1.29 is 23.8 Å². The van der Waals surface area contributed by atoms with Gasteiger partial charge < -0.3 is 14.2 Å². The van der Waals surface area contributed by atoms with Crippen molar-refractivity contribution in [2.75, 3.05) is 13.7 Å². The summed E-state index contributed by atoms with van der Waals surface area (Å²) in [6.07, 6.45) is 4.46. The van der Waals surface area contributed by atoms with Crippen LogP contribution in [0.3, 0.4) is 0 Å². The minimum absolute atomic E-state index is 0.158. The second-order valence-corrected chi connectivity index (χ2v) is 6.97. The van der Waals surface area contributed by atoms with Gasteiger partial charge in [-0.1, -0.05) is 48.0 Å². The first-order valence-corrected chi connectivity index (χ1v) is 10.2. The lowest BCUT2D eigenvalue weighted by atomic mass is 10.2. The highest BCUT2D eigenvalue weighted by Gasteiger charge is 2.09. The van der Waals surface area contributed by atoms with E-state index < -0.39 is 11.9 Å². The third-order valence-corrected chi connectivity index (χ3v) is 4.40. The molecule has 7 nitrogen and oxygen atoms in total. The number of carbonyl (C=O) groups excluding carboxylic acids is 2. The molecule has 1 N–H and O–H groups in total. The Kier molecular flexibility index (Phi) is 8.36. The van der Waals surface area contributed by atoms with Crippen LogP contribution in [0.15, 0.2) is 84.0 Å². The van der Waals surface area contributed by atoms with Crippen molar-refractivity contribution in [3.8, 4) is 17.2 Å². The molecule has 0 spiro atoms. The topological polar surface area (TPSA) is 86.2 Å². The first-order valence-electron chi connectivity index (χ1n) is 10.2. The number of ether oxygens (including phenoxy) is 3. The molecular formula is C26H24N2O5. The minimum atomic E-state index is -0.528. The molecule has 0 unspecified atom stereocenters. The number of nitrogens with one attached hydrogen (secondary N) is 1. The molecule has 0 aliphatic rings. The fourth-order valence-electron chi connectivity index (χ4n) is 2.71. The molecule has 0 heterocycles. The molecule has 3 aromatic carbocycles. The maximum atomic E-state index is 12.1. The van der Waals surface area contributed by atoms with Crippen LogP contribution in [0.25, 0.3) is 6.08 Å². The predicted molar refractivity (Wildman–Crippen MR) is 127 cm³/mol. The first-order chi connectivity index (χ1) is 16.0. The molecule has 1 amide bonds. The zero-order valence-electron chi connectivity index (χ0n) is 18.4. The number of esters is 1. The summed E-state index contributed by atoms with van der Waals surface area (Å²) in [7, 11) is 1.47.